The van der Waals surface area contributed by atoms with Gasteiger partial charge in [0, 0.05) is 0 Å². The summed E-state index contributed by atoms with van der Waals surface area (Å²) in [6.45, 7) is -0.0959. The molecule has 0 saturated heterocycles. The molecule has 1 aliphatic rings. The number of nitrogens with zero attached hydrogens (tertiary/aromatic N) is 1. The molecule has 0 fully saturated rings. The minimum absolute atomic E-state index is 0.00380. The van der Waals surface area contributed by atoms with Gasteiger partial charge in [-0.25, -0.2) is 4.79 Å². The van der Waals surface area contributed by atoms with Crippen LogP contribution in [-0.2, 0) is 4.74 Å². The quantitative estimate of drug-likeness (QED) is 0.688. The van der Waals surface area contributed by atoms with Gasteiger partial charge < -0.3 is 9.84 Å². The number of imide groups is 1. The van der Waals surface area contributed by atoms with Gasteiger partial charge in [0.2, 0.25) is 0 Å². The zero-order chi connectivity index (χ0) is 16.4. The lowest BCUT2D eigenvalue weighted by Gasteiger charge is -2.13. The lowest BCUT2D eigenvalue weighted by Crippen LogP contribution is -2.33. The van der Waals surface area contributed by atoms with E-state index in [4.69, 9.17) is 9.84 Å². The number of benzene rings is 2. The Morgan fingerprint density at radius 1 is 0.957 bits per heavy atom. The third kappa shape index (κ3) is 2.78. The van der Waals surface area contributed by atoms with Crippen LogP contribution < -0.4 is 0 Å². The molecule has 0 atom stereocenters. The molecule has 0 aliphatic carbocycles. The molecule has 2 aromatic carbocycles. The molecule has 0 bridgehead atoms. The zero-order valence-corrected chi connectivity index (χ0v) is 12.1. The Morgan fingerprint density at radius 3 is 2.09 bits per heavy atom. The molecule has 1 N–H and O–H groups in total. The second-order valence-electron chi connectivity index (χ2n) is 4.99. The Labute approximate surface area is 131 Å². The van der Waals surface area contributed by atoms with Crippen LogP contribution in [0.15, 0.2) is 48.5 Å². The first-order chi connectivity index (χ1) is 11.1. The van der Waals surface area contributed by atoms with Crippen molar-refractivity contribution in [1.29, 1.82) is 0 Å². The van der Waals surface area contributed by atoms with Crippen LogP contribution in [0.25, 0.3) is 0 Å². The van der Waals surface area contributed by atoms with Crippen LogP contribution in [0, 0.1) is 0 Å². The molecule has 3 rings (SSSR count). The summed E-state index contributed by atoms with van der Waals surface area (Å²) in [4.78, 5) is 37.1. The number of ether oxygens (including phenoxy) is 1. The lowest BCUT2D eigenvalue weighted by atomic mass is 10.1. The fraction of sp³-hybridized carbons (Fsp3) is 0.118. The molecule has 1 heterocycles. The van der Waals surface area contributed by atoms with Gasteiger partial charge in [0.25, 0.3) is 11.8 Å². The van der Waals surface area contributed by atoms with Gasteiger partial charge in [-0.1, -0.05) is 12.1 Å². The second kappa shape index (κ2) is 5.92. The number of esters is 1. The van der Waals surface area contributed by atoms with Crippen molar-refractivity contribution in [3.05, 3.63) is 65.2 Å². The van der Waals surface area contributed by atoms with Crippen LogP contribution in [0.3, 0.4) is 0 Å². The van der Waals surface area contributed by atoms with Crippen molar-refractivity contribution in [3.8, 4) is 5.75 Å². The van der Waals surface area contributed by atoms with E-state index in [1.165, 1.54) is 24.3 Å². The molecule has 0 unspecified atom stereocenters. The van der Waals surface area contributed by atoms with E-state index in [9.17, 15) is 14.4 Å². The third-order valence-electron chi connectivity index (χ3n) is 3.53. The molecule has 1 aliphatic heterocycles. The Balaban J connectivity index is 1.60. The van der Waals surface area contributed by atoms with Gasteiger partial charge >= 0.3 is 5.97 Å². The van der Waals surface area contributed by atoms with E-state index in [2.05, 4.69) is 0 Å². The van der Waals surface area contributed by atoms with Crippen molar-refractivity contribution in [1.82, 2.24) is 4.90 Å². The van der Waals surface area contributed by atoms with Crippen molar-refractivity contribution in [2.24, 2.45) is 0 Å². The van der Waals surface area contributed by atoms with Crippen LogP contribution in [0.2, 0.25) is 0 Å². The number of carbonyl (C=O) groups is 3. The first-order valence-electron chi connectivity index (χ1n) is 6.99. The van der Waals surface area contributed by atoms with Crippen molar-refractivity contribution in [3.63, 3.8) is 0 Å². The first-order valence-corrected chi connectivity index (χ1v) is 6.99. The summed E-state index contributed by atoms with van der Waals surface area (Å²) in [6, 6.07) is 12.2. The largest absolute Gasteiger partial charge is 0.508 e. The van der Waals surface area contributed by atoms with Crippen LogP contribution in [0.1, 0.15) is 31.1 Å². The molecule has 0 saturated carbocycles. The van der Waals surface area contributed by atoms with Gasteiger partial charge in [0.15, 0.2) is 0 Å². The first kappa shape index (κ1) is 14.8. The fourth-order valence-corrected chi connectivity index (χ4v) is 2.35. The van der Waals surface area contributed by atoms with E-state index in [1.807, 2.05) is 0 Å². The molecule has 6 heteroatoms. The molecular weight excluding hydrogens is 298 g/mol. The second-order valence-corrected chi connectivity index (χ2v) is 4.99. The number of hydrogen-bond donors (Lipinski definition) is 1. The van der Waals surface area contributed by atoms with Crippen molar-refractivity contribution >= 4 is 17.8 Å². The van der Waals surface area contributed by atoms with Gasteiger partial charge in [0.1, 0.15) is 12.4 Å². The van der Waals surface area contributed by atoms with Gasteiger partial charge in [0.05, 0.1) is 23.2 Å². The number of phenolic OH excluding ortho intramolecular Hbond substituents is 1. The molecule has 23 heavy (non-hydrogen) atoms. The molecule has 0 aromatic heterocycles. The summed E-state index contributed by atoms with van der Waals surface area (Å²) >= 11 is 0. The summed E-state index contributed by atoms with van der Waals surface area (Å²) in [6.07, 6.45) is 0. The van der Waals surface area contributed by atoms with Crippen molar-refractivity contribution in [2.45, 2.75) is 0 Å². The van der Waals surface area contributed by atoms with Gasteiger partial charge in [-0.15, -0.1) is 0 Å². The maximum Gasteiger partial charge on any atom is 0.338 e. The SMILES string of the molecule is O=C(OCCN1C(=O)c2ccccc2C1=O)c1ccc(O)cc1. The van der Waals surface area contributed by atoms with E-state index < -0.39 is 5.97 Å². The molecule has 0 spiro atoms. The van der Waals surface area contributed by atoms with Crippen molar-refractivity contribution in [2.75, 3.05) is 13.2 Å². The lowest BCUT2D eigenvalue weighted by molar-refractivity contribution is 0.0420. The van der Waals surface area contributed by atoms with E-state index in [-0.39, 0.29) is 36.3 Å². The average Bonchev–Trinajstić information content (AvgIpc) is 2.81. The summed E-state index contributed by atoms with van der Waals surface area (Å²) < 4.78 is 5.06. The summed E-state index contributed by atoms with van der Waals surface area (Å²) in [7, 11) is 0. The topological polar surface area (TPSA) is 83.9 Å². The molecule has 0 radical (unpaired) electrons. The number of phenols is 1. The highest BCUT2D eigenvalue weighted by Crippen LogP contribution is 2.22. The summed E-state index contributed by atoms with van der Waals surface area (Å²) in [5.74, 6) is -1.30. The zero-order valence-electron chi connectivity index (χ0n) is 12.1. The number of aromatic hydroxyl groups is 1. The highest BCUT2D eigenvalue weighted by atomic mass is 16.5. The Kier molecular flexibility index (Phi) is 3.80. The predicted molar refractivity (Wildman–Crippen MR) is 80.2 cm³/mol. The van der Waals surface area contributed by atoms with E-state index in [0.717, 1.165) is 4.90 Å². The summed E-state index contributed by atoms with van der Waals surface area (Å²) in [5, 5.41) is 9.17. The molecule has 6 nitrogen and oxygen atoms in total. The Morgan fingerprint density at radius 2 is 1.52 bits per heavy atom. The Bertz CT molecular complexity index is 747. The van der Waals surface area contributed by atoms with E-state index >= 15 is 0 Å². The number of rotatable bonds is 4. The predicted octanol–water partition coefficient (Wildman–Crippen LogP) is 1.85. The van der Waals surface area contributed by atoms with Gasteiger partial charge in [-0.2, -0.15) is 0 Å². The fourth-order valence-electron chi connectivity index (χ4n) is 2.35. The molecular formula is C17H13NO5. The molecule has 2 amide bonds. The monoisotopic (exact) mass is 311 g/mol. The Hall–Kier alpha value is -3.15. The third-order valence-corrected chi connectivity index (χ3v) is 3.53. The maximum atomic E-state index is 12.1. The van der Waals surface area contributed by atoms with Crippen LogP contribution in [0.4, 0.5) is 0 Å². The normalized spacial score (nSPS) is 13.1. The van der Waals surface area contributed by atoms with Crippen molar-refractivity contribution < 1.29 is 24.2 Å². The smallest absolute Gasteiger partial charge is 0.338 e. The highest BCUT2D eigenvalue weighted by molar-refractivity contribution is 6.21. The highest BCUT2D eigenvalue weighted by Gasteiger charge is 2.34. The minimum atomic E-state index is -0.582. The maximum absolute atomic E-state index is 12.1. The standard InChI is InChI=1S/C17H13NO5/c19-12-7-5-11(6-8-12)17(22)23-10-9-18-15(20)13-3-1-2-4-14(13)16(18)21/h1-8,19H,9-10H2. The summed E-state index contributed by atoms with van der Waals surface area (Å²) in [5.41, 5.74) is 1.01. The van der Waals surface area contributed by atoms with Crippen LogP contribution >= 0.6 is 0 Å². The van der Waals surface area contributed by atoms with E-state index in [1.54, 1.807) is 24.3 Å². The van der Waals surface area contributed by atoms with Crippen LogP contribution in [0.5, 0.6) is 5.75 Å². The minimum Gasteiger partial charge on any atom is -0.508 e. The molecule has 2 aromatic rings. The van der Waals surface area contributed by atoms with Gasteiger partial charge in [-0.3, -0.25) is 14.5 Å². The molecule has 116 valence electrons. The number of fused-ring (bicyclic) bond motifs is 1. The van der Waals surface area contributed by atoms with E-state index in [0.29, 0.717) is 11.1 Å². The number of amides is 2. The number of carbonyl (C=O) groups excluding carboxylic acids is 3. The van der Waals surface area contributed by atoms with Gasteiger partial charge in [-0.05, 0) is 36.4 Å². The average molecular weight is 311 g/mol. The number of hydrogen-bond acceptors (Lipinski definition) is 5. The van der Waals surface area contributed by atoms with Crippen LogP contribution in [-0.4, -0.2) is 40.9 Å².